The van der Waals surface area contributed by atoms with Crippen molar-refractivity contribution < 1.29 is 14.6 Å². The molecular formula is C15H26O3. The predicted molar refractivity (Wildman–Crippen MR) is 70.0 cm³/mol. The summed E-state index contributed by atoms with van der Waals surface area (Å²) in [7, 11) is 0. The summed E-state index contributed by atoms with van der Waals surface area (Å²) in [6.45, 7) is 6.27. The van der Waals surface area contributed by atoms with E-state index in [0.29, 0.717) is 17.8 Å². The van der Waals surface area contributed by atoms with Crippen molar-refractivity contribution >= 4 is 5.97 Å². The summed E-state index contributed by atoms with van der Waals surface area (Å²) in [5.41, 5.74) is 0.251. The molecule has 104 valence electrons. The van der Waals surface area contributed by atoms with Crippen molar-refractivity contribution in [3.05, 3.63) is 0 Å². The molecule has 2 aliphatic carbocycles. The molecule has 3 unspecified atom stereocenters. The molecule has 0 bridgehead atoms. The van der Waals surface area contributed by atoms with Crippen molar-refractivity contribution in [2.24, 2.45) is 23.2 Å². The summed E-state index contributed by atoms with van der Waals surface area (Å²) in [5, 5.41) is 9.43. The Hall–Kier alpha value is -0.570. The molecule has 2 rings (SSSR count). The highest BCUT2D eigenvalue weighted by molar-refractivity contribution is 5.66. The van der Waals surface area contributed by atoms with E-state index in [2.05, 4.69) is 13.8 Å². The van der Waals surface area contributed by atoms with Crippen LogP contribution in [0.4, 0.5) is 0 Å². The van der Waals surface area contributed by atoms with Crippen LogP contribution in [-0.4, -0.2) is 23.8 Å². The van der Waals surface area contributed by atoms with Gasteiger partial charge >= 0.3 is 5.97 Å². The number of fused-ring (bicyclic) bond motifs is 1. The van der Waals surface area contributed by atoms with E-state index in [1.165, 1.54) is 19.8 Å². The zero-order valence-corrected chi connectivity index (χ0v) is 11.8. The average Bonchev–Trinajstić information content (AvgIpc) is 2.66. The molecule has 3 nitrogen and oxygen atoms in total. The van der Waals surface area contributed by atoms with Crippen LogP contribution in [0.25, 0.3) is 0 Å². The molecule has 0 aromatic heterocycles. The first kappa shape index (κ1) is 13.9. The van der Waals surface area contributed by atoms with E-state index in [0.717, 1.165) is 19.3 Å². The Morgan fingerprint density at radius 1 is 1.44 bits per heavy atom. The van der Waals surface area contributed by atoms with Crippen LogP contribution in [0.3, 0.4) is 0 Å². The highest BCUT2D eigenvalue weighted by Crippen LogP contribution is 2.58. The molecule has 0 radical (unpaired) electrons. The van der Waals surface area contributed by atoms with E-state index in [-0.39, 0.29) is 24.1 Å². The first-order valence-corrected chi connectivity index (χ1v) is 7.27. The van der Waals surface area contributed by atoms with Crippen LogP contribution >= 0.6 is 0 Å². The van der Waals surface area contributed by atoms with Gasteiger partial charge in [-0.25, -0.2) is 0 Å². The maximum Gasteiger partial charge on any atom is 0.302 e. The van der Waals surface area contributed by atoms with Gasteiger partial charge in [0.25, 0.3) is 0 Å². The Labute approximate surface area is 110 Å². The van der Waals surface area contributed by atoms with E-state index < -0.39 is 0 Å². The lowest BCUT2D eigenvalue weighted by Gasteiger charge is -2.45. The number of esters is 1. The smallest absolute Gasteiger partial charge is 0.302 e. The summed E-state index contributed by atoms with van der Waals surface area (Å²) < 4.78 is 5.53. The van der Waals surface area contributed by atoms with Gasteiger partial charge in [0.15, 0.2) is 0 Å². The minimum Gasteiger partial charge on any atom is -0.462 e. The number of ether oxygens (including phenoxy) is 1. The third-order valence-electron chi connectivity index (χ3n) is 5.43. The number of carbonyl (C=O) groups is 1. The maximum absolute atomic E-state index is 11.2. The Morgan fingerprint density at radius 3 is 2.78 bits per heavy atom. The van der Waals surface area contributed by atoms with Gasteiger partial charge in [-0.05, 0) is 49.4 Å². The predicted octanol–water partition coefficient (Wildman–Crippen LogP) is 2.76. The molecule has 0 aromatic rings. The highest BCUT2D eigenvalue weighted by atomic mass is 16.5. The average molecular weight is 254 g/mol. The lowest BCUT2D eigenvalue weighted by atomic mass is 9.62. The molecule has 2 fully saturated rings. The summed E-state index contributed by atoms with van der Waals surface area (Å²) in [4.78, 5) is 11.2. The molecule has 2 saturated carbocycles. The molecule has 18 heavy (non-hydrogen) atoms. The van der Waals surface area contributed by atoms with Gasteiger partial charge in [0.05, 0.1) is 0 Å². The fourth-order valence-electron chi connectivity index (χ4n) is 4.58. The Kier molecular flexibility index (Phi) is 4.00. The van der Waals surface area contributed by atoms with E-state index in [1.807, 2.05) is 0 Å². The van der Waals surface area contributed by atoms with Gasteiger partial charge in [-0.15, -0.1) is 0 Å². The molecule has 5 atom stereocenters. The monoisotopic (exact) mass is 254 g/mol. The van der Waals surface area contributed by atoms with Gasteiger partial charge in [-0.2, -0.15) is 0 Å². The van der Waals surface area contributed by atoms with E-state index in [9.17, 15) is 9.90 Å². The fourth-order valence-corrected chi connectivity index (χ4v) is 4.58. The second-order valence-corrected chi connectivity index (χ2v) is 6.50. The molecule has 3 heteroatoms. The lowest BCUT2D eigenvalue weighted by Crippen LogP contribution is -2.43. The van der Waals surface area contributed by atoms with E-state index in [4.69, 9.17) is 4.74 Å². The summed E-state index contributed by atoms with van der Waals surface area (Å²) in [5.74, 6) is 1.28. The molecule has 0 amide bonds. The fraction of sp³-hybridized carbons (Fsp3) is 0.933. The van der Waals surface area contributed by atoms with Gasteiger partial charge in [0, 0.05) is 19.4 Å². The second kappa shape index (κ2) is 5.20. The van der Waals surface area contributed by atoms with E-state index in [1.54, 1.807) is 0 Å². The van der Waals surface area contributed by atoms with Crippen molar-refractivity contribution in [3.63, 3.8) is 0 Å². The zero-order chi connectivity index (χ0) is 13.3. The molecule has 2 aliphatic rings. The standard InChI is InChI=1S/C15H26O3/c1-10(9-16)12-6-7-13-14(18-11(2)17)5-4-8-15(12,13)3/h10,12-14,16H,4-9H2,1-3H3/t10?,12?,13?,14-,15+/m0/s1. The van der Waals surface area contributed by atoms with E-state index >= 15 is 0 Å². The number of carbonyl (C=O) groups excluding carboxylic acids is 1. The van der Waals surface area contributed by atoms with Crippen LogP contribution in [0.15, 0.2) is 0 Å². The van der Waals surface area contributed by atoms with Gasteiger partial charge in [-0.3, -0.25) is 4.79 Å². The van der Waals surface area contributed by atoms with Crippen LogP contribution in [0, 0.1) is 23.2 Å². The van der Waals surface area contributed by atoms with Crippen molar-refractivity contribution in [1.29, 1.82) is 0 Å². The molecule has 0 aliphatic heterocycles. The molecule has 0 heterocycles. The maximum atomic E-state index is 11.2. The second-order valence-electron chi connectivity index (χ2n) is 6.50. The van der Waals surface area contributed by atoms with Crippen LogP contribution < -0.4 is 0 Å². The largest absolute Gasteiger partial charge is 0.462 e. The topological polar surface area (TPSA) is 46.5 Å². The zero-order valence-electron chi connectivity index (χ0n) is 11.8. The third-order valence-corrected chi connectivity index (χ3v) is 5.43. The van der Waals surface area contributed by atoms with Crippen molar-refractivity contribution in [2.75, 3.05) is 6.61 Å². The van der Waals surface area contributed by atoms with Crippen molar-refractivity contribution in [1.82, 2.24) is 0 Å². The van der Waals surface area contributed by atoms with Gasteiger partial charge in [0.1, 0.15) is 6.10 Å². The SMILES string of the molecule is CC(=O)O[C@H]1CCC[C@]2(C)C(C(C)CO)CCC12. The number of hydrogen-bond acceptors (Lipinski definition) is 3. The number of rotatable bonds is 3. The Bertz CT molecular complexity index is 315. The summed E-state index contributed by atoms with van der Waals surface area (Å²) in [6.07, 6.45) is 5.78. The molecule has 0 aromatic carbocycles. The van der Waals surface area contributed by atoms with Crippen molar-refractivity contribution in [2.45, 2.75) is 59.0 Å². The van der Waals surface area contributed by atoms with Crippen LogP contribution in [-0.2, 0) is 9.53 Å². The normalized spacial score (nSPS) is 41.2. The van der Waals surface area contributed by atoms with Crippen LogP contribution in [0.2, 0.25) is 0 Å². The number of aliphatic hydroxyl groups is 1. The molecule has 0 saturated heterocycles. The number of aliphatic hydroxyl groups excluding tert-OH is 1. The molecule has 1 N–H and O–H groups in total. The Balaban J connectivity index is 2.15. The van der Waals surface area contributed by atoms with Gasteiger partial charge in [0.2, 0.25) is 0 Å². The lowest BCUT2D eigenvalue weighted by molar-refractivity contribution is -0.155. The minimum absolute atomic E-state index is 0.108. The first-order valence-electron chi connectivity index (χ1n) is 7.27. The quantitative estimate of drug-likeness (QED) is 0.788. The molecule has 0 spiro atoms. The summed E-state index contributed by atoms with van der Waals surface area (Å²) in [6, 6.07) is 0. The Morgan fingerprint density at radius 2 is 2.17 bits per heavy atom. The van der Waals surface area contributed by atoms with Gasteiger partial charge < -0.3 is 9.84 Å². The molecular weight excluding hydrogens is 228 g/mol. The van der Waals surface area contributed by atoms with Crippen LogP contribution in [0.5, 0.6) is 0 Å². The number of hydrogen-bond donors (Lipinski definition) is 1. The van der Waals surface area contributed by atoms with Crippen molar-refractivity contribution in [3.8, 4) is 0 Å². The minimum atomic E-state index is -0.150. The highest BCUT2D eigenvalue weighted by Gasteiger charge is 2.53. The van der Waals surface area contributed by atoms with Crippen LogP contribution in [0.1, 0.15) is 52.9 Å². The third kappa shape index (κ3) is 2.29. The van der Waals surface area contributed by atoms with Gasteiger partial charge in [-0.1, -0.05) is 13.8 Å². The summed E-state index contributed by atoms with van der Waals surface area (Å²) >= 11 is 0. The first-order chi connectivity index (χ1) is 8.49.